The summed E-state index contributed by atoms with van der Waals surface area (Å²) in [7, 11) is 0. The second kappa shape index (κ2) is 9.76. The minimum Gasteiger partial charge on any atom is -0.494 e. The van der Waals surface area contributed by atoms with Crippen LogP contribution in [0.15, 0.2) is 52.9 Å². The van der Waals surface area contributed by atoms with E-state index >= 15 is 0 Å². The van der Waals surface area contributed by atoms with Crippen LogP contribution in [0.4, 0.5) is 0 Å². The first-order valence-electron chi connectivity index (χ1n) is 9.13. The maximum absolute atomic E-state index is 12.2. The van der Waals surface area contributed by atoms with Gasteiger partial charge >= 0.3 is 0 Å². The zero-order valence-corrected chi connectivity index (χ0v) is 17.2. The maximum atomic E-state index is 12.2. The van der Waals surface area contributed by atoms with E-state index in [0.29, 0.717) is 12.4 Å². The second-order valence-corrected chi connectivity index (χ2v) is 8.58. The van der Waals surface area contributed by atoms with Crippen LogP contribution in [-0.4, -0.2) is 29.3 Å². The number of nitrogens with zero attached hydrogens (tertiary/aromatic N) is 1. The van der Waals surface area contributed by atoms with Gasteiger partial charge in [0.25, 0.3) is 0 Å². The van der Waals surface area contributed by atoms with Crippen molar-refractivity contribution in [1.82, 2.24) is 10.3 Å². The summed E-state index contributed by atoms with van der Waals surface area (Å²) in [6.45, 7) is 4.67. The molecule has 2 aromatic carbocycles. The van der Waals surface area contributed by atoms with Gasteiger partial charge in [-0.25, -0.2) is 4.98 Å². The van der Waals surface area contributed by atoms with Gasteiger partial charge in [-0.05, 0) is 50.5 Å². The maximum Gasteiger partial charge on any atom is 0.230 e. The predicted molar refractivity (Wildman–Crippen MR) is 114 cm³/mol. The highest BCUT2D eigenvalue weighted by Gasteiger charge is 2.11. The van der Waals surface area contributed by atoms with Crippen LogP contribution in [0.2, 0.25) is 0 Å². The molecular weight excluding hydrogens is 376 g/mol. The molecule has 1 amide bonds. The summed E-state index contributed by atoms with van der Waals surface area (Å²) in [6, 6.07) is 16.4. The van der Waals surface area contributed by atoms with Gasteiger partial charge in [0, 0.05) is 6.04 Å². The van der Waals surface area contributed by atoms with Crippen molar-refractivity contribution in [2.45, 2.75) is 37.1 Å². The summed E-state index contributed by atoms with van der Waals surface area (Å²) in [4.78, 5) is 16.8. The number of hydrogen-bond acceptors (Lipinski definition) is 5. The van der Waals surface area contributed by atoms with Crippen LogP contribution in [0.1, 0.15) is 25.8 Å². The lowest BCUT2D eigenvalue weighted by Gasteiger charge is -2.13. The van der Waals surface area contributed by atoms with Gasteiger partial charge in [-0.15, -0.1) is 11.3 Å². The lowest BCUT2D eigenvalue weighted by molar-refractivity contribution is -0.119. The van der Waals surface area contributed by atoms with Crippen molar-refractivity contribution in [3.05, 3.63) is 54.1 Å². The average Bonchev–Trinajstić information content (AvgIpc) is 3.08. The molecule has 0 spiro atoms. The summed E-state index contributed by atoms with van der Waals surface area (Å²) in [5.41, 5.74) is 2.25. The Hall–Kier alpha value is -2.05. The predicted octanol–water partition coefficient (Wildman–Crippen LogP) is 4.92. The van der Waals surface area contributed by atoms with Crippen molar-refractivity contribution < 1.29 is 9.53 Å². The van der Waals surface area contributed by atoms with Crippen molar-refractivity contribution in [1.29, 1.82) is 0 Å². The number of ether oxygens (including phenoxy) is 1. The van der Waals surface area contributed by atoms with E-state index in [2.05, 4.69) is 29.4 Å². The molecule has 0 fully saturated rings. The fourth-order valence-electron chi connectivity index (χ4n) is 2.75. The molecule has 0 aliphatic carbocycles. The number of rotatable bonds is 9. The molecule has 0 saturated carbocycles. The van der Waals surface area contributed by atoms with E-state index in [-0.39, 0.29) is 11.9 Å². The molecule has 0 aliphatic rings. The van der Waals surface area contributed by atoms with E-state index in [0.717, 1.165) is 33.1 Å². The van der Waals surface area contributed by atoms with E-state index in [1.807, 2.05) is 43.3 Å². The Balaban J connectivity index is 1.46. The number of aromatic nitrogens is 1. The van der Waals surface area contributed by atoms with E-state index in [4.69, 9.17) is 4.74 Å². The van der Waals surface area contributed by atoms with Crippen LogP contribution in [0.5, 0.6) is 5.75 Å². The van der Waals surface area contributed by atoms with Crippen molar-refractivity contribution in [2.75, 3.05) is 12.4 Å². The highest BCUT2D eigenvalue weighted by molar-refractivity contribution is 8.01. The third kappa shape index (κ3) is 5.97. The molecule has 0 bridgehead atoms. The Morgan fingerprint density at radius 1 is 1.26 bits per heavy atom. The van der Waals surface area contributed by atoms with Crippen LogP contribution in [-0.2, 0) is 11.2 Å². The molecule has 27 heavy (non-hydrogen) atoms. The Morgan fingerprint density at radius 2 is 2.07 bits per heavy atom. The minimum atomic E-state index is 0.0508. The number of amides is 1. The van der Waals surface area contributed by atoms with Crippen molar-refractivity contribution in [2.24, 2.45) is 0 Å². The first kappa shape index (κ1) is 19.7. The average molecular weight is 401 g/mol. The Bertz CT molecular complexity index is 880. The quantitative estimate of drug-likeness (QED) is 0.518. The number of carbonyl (C=O) groups excluding carboxylic acids is 1. The number of fused-ring (bicyclic) bond motifs is 1. The van der Waals surface area contributed by atoms with Gasteiger partial charge in [0.05, 0.1) is 22.6 Å². The summed E-state index contributed by atoms with van der Waals surface area (Å²) >= 11 is 3.08. The molecule has 1 N–H and O–H groups in total. The van der Waals surface area contributed by atoms with Crippen molar-refractivity contribution >= 4 is 39.2 Å². The Labute approximate surface area is 168 Å². The van der Waals surface area contributed by atoms with Gasteiger partial charge in [-0.1, -0.05) is 42.1 Å². The van der Waals surface area contributed by atoms with Crippen LogP contribution in [0, 0.1) is 0 Å². The molecular formula is C21H24N2O2S2. The third-order valence-electron chi connectivity index (χ3n) is 4.09. The molecule has 1 heterocycles. The van der Waals surface area contributed by atoms with Gasteiger partial charge in [0.1, 0.15) is 5.75 Å². The number of nitrogens with one attached hydrogen (secondary N) is 1. The second-order valence-electron chi connectivity index (χ2n) is 6.32. The molecule has 4 nitrogen and oxygen atoms in total. The Kier molecular flexibility index (Phi) is 7.12. The Morgan fingerprint density at radius 3 is 2.85 bits per heavy atom. The van der Waals surface area contributed by atoms with Crippen LogP contribution in [0.3, 0.4) is 0 Å². The zero-order chi connectivity index (χ0) is 19.1. The number of hydrogen-bond donors (Lipinski definition) is 1. The monoisotopic (exact) mass is 400 g/mol. The molecule has 0 aliphatic heterocycles. The fraction of sp³-hybridized carbons (Fsp3) is 0.333. The largest absolute Gasteiger partial charge is 0.494 e. The molecule has 0 saturated heterocycles. The van der Waals surface area contributed by atoms with Crippen LogP contribution < -0.4 is 10.1 Å². The highest BCUT2D eigenvalue weighted by Crippen LogP contribution is 2.31. The summed E-state index contributed by atoms with van der Waals surface area (Å²) in [5, 5.41) is 3.08. The molecule has 0 unspecified atom stereocenters. The number of thiazole rings is 1. The summed E-state index contributed by atoms with van der Waals surface area (Å²) in [6.07, 6.45) is 1.90. The highest BCUT2D eigenvalue weighted by atomic mass is 32.2. The molecule has 3 aromatic rings. The molecule has 3 rings (SSSR count). The van der Waals surface area contributed by atoms with Crippen molar-refractivity contribution in [3.63, 3.8) is 0 Å². The SMILES string of the molecule is CCOc1ccc2nc(SCC(=O)N[C@H](C)CCc3ccccc3)sc2c1. The van der Waals surface area contributed by atoms with Gasteiger partial charge in [0.15, 0.2) is 4.34 Å². The first-order chi connectivity index (χ1) is 13.1. The molecule has 142 valence electrons. The van der Waals surface area contributed by atoms with Gasteiger partial charge in [-0.2, -0.15) is 0 Å². The normalized spacial score (nSPS) is 12.1. The summed E-state index contributed by atoms with van der Waals surface area (Å²) in [5.74, 6) is 1.29. The molecule has 1 atom stereocenters. The van der Waals surface area contributed by atoms with Gasteiger partial charge in [0.2, 0.25) is 5.91 Å². The van der Waals surface area contributed by atoms with E-state index < -0.39 is 0 Å². The van der Waals surface area contributed by atoms with Crippen LogP contribution in [0.25, 0.3) is 10.2 Å². The first-order valence-corrected chi connectivity index (χ1v) is 10.9. The number of thioether (sulfide) groups is 1. The molecule has 1 aromatic heterocycles. The zero-order valence-electron chi connectivity index (χ0n) is 15.6. The van der Waals surface area contributed by atoms with Crippen molar-refractivity contribution in [3.8, 4) is 5.75 Å². The molecule has 6 heteroatoms. The third-order valence-corrected chi connectivity index (χ3v) is 6.26. The molecule has 0 radical (unpaired) electrons. The number of carbonyl (C=O) groups is 1. The lowest BCUT2D eigenvalue weighted by atomic mass is 10.1. The lowest BCUT2D eigenvalue weighted by Crippen LogP contribution is -2.34. The fourth-order valence-corrected chi connectivity index (χ4v) is 4.65. The van der Waals surface area contributed by atoms with E-state index in [9.17, 15) is 4.79 Å². The number of benzene rings is 2. The number of aryl methyl sites for hydroxylation is 1. The van der Waals surface area contributed by atoms with E-state index in [1.54, 1.807) is 11.3 Å². The van der Waals surface area contributed by atoms with E-state index in [1.165, 1.54) is 17.3 Å². The minimum absolute atomic E-state index is 0.0508. The summed E-state index contributed by atoms with van der Waals surface area (Å²) < 4.78 is 7.52. The van der Waals surface area contributed by atoms with Gasteiger partial charge < -0.3 is 10.1 Å². The van der Waals surface area contributed by atoms with Gasteiger partial charge in [-0.3, -0.25) is 4.79 Å². The topological polar surface area (TPSA) is 51.2 Å². The van der Waals surface area contributed by atoms with Crippen LogP contribution >= 0.6 is 23.1 Å². The smallest absolute Gasteiger partial charge is 0.230 e. The standard InChI is InChI=1S/C21H24N2O2S2/c1-3-25-17-11-12-18-19(13-17)27-21(23-18)26-14-20(24)22-15(2)9-10-16-7-5-4-6-8-16/h4-8,11-13,15H,3,9-10,14H2,1-2H3,(H,22,24)/t15-/m1/s1.